The van der Waals surface area contributed by atoms with E-state index in [0.29, 0.717) is 24.8 Å². The predicted octanol–water partition coefficient (Wildman–Crippen LogP) is 3.40. The molecule has 0 spiro atoms. The molecule has 1 fully saturated rings. The summed E-state index contributed by atoms with van der Waals surface area (Å²) in [5.74, 6) is 0.465. The number of rotatable bonds is 3. The molecule has 158 valence electrons. The number of aromatic nitrogens is 6. The summed E-state index contributed by atoms with van der Waals surface area (Å²) in [6.07, 6.45) is 5.35. The van der Waals surface area contributed by atoms with Gasteiger partial charge in [0.15, 0.2) is 10.6 Å². The van der Waals surface area contributed by atoms with Gasteiger partial charge in [-0.15, -0.1) is 11.3 Å². The summed E-state index contributed by atoms with van der Waals surface area (Å²) in [6, 6.07) is 4.22. The van der Waals surface area contributed by atoms with Crippen LogP contribution in [0.2, 0.25) is 0 Å². The van der Waals surface area contributed by atoms with Crippen LogP contribution in [0, 0.1) is 6.92 Å². The van der Waals surface area contributed by atoms with E-state index >= 15 is 0 Å². The number of imidazole rings is 2. The van der Waals surface area contributed by atoms with Crippen molar-refractivity contribution in [3.63, 3.8) is 0 Å². The molecule has 0 aliphatic carbocycles. The molecule has 0 amide bonds. The summed E-state index contributed by atoms with van der Waals surface area (Å²) in [5, 5.41) is 5.38. The van der Waals surface area contributed by atoms with Crippen LogP contribution >= 0.6 is 11.3 Å². The molecule has 0 saturated carbocycles. The summed E-state index contributed by atoms with van der Waals surface area (Å²) in [7, 11) is 1.76. The van der Waals surface area contributed by atoms with Crippen molar-refractivity contribution in [1.29, 1.82) is 0 Å². The van der Waals surface area contributed by atoms with Crippen LogP contribution in [0.5, 0.6) is 0 Å². The lowest BCUT2D eigenvalue weighted by Crippen LogP contribution is -2.30. The van der Waals surface area contributed by atoms with Crippen LogP contribution in [0.1, 0.15) is 24.4 Å². The Bertz CT molecular complexity index is 1500. The predicted molar refractivity (Wildman–Crippen MR) is 120 cm³/mol. The molecule has 5 heterocycles. The monoisotopic (exact) mass is 435 g/mol. The number of fused-ring (bicyclic) bond motifs is 4. The van der Waals surface area contributed by atoms with Crippen LogP contribution in [0.25, 0.3) is 27.2 Å². The van der Waals surface area contributed by atoms with E-state index in [-0.39, 0.29) is 11.7 Å². The summed E-state index contributed by atoms with van der Waals surface area (Å²) in [6.45, 7) is 3.35. The Morgan fingerprint density at radius 2 is 2.03 bits per heavy atom. The fourth-order valence-electron chi connectivity index (χ4n) is 4.33. The Morgan fingerprint density at radius 1 is 1.19 bits per heavy atom. The van der Waals surface area contributed by atoms with Gasteiger partial charge < -0.3 is 10.1 Å². The molecule has 5 aromatic rings. The largest absolute Gasteiger partial charge is 0.381 e. The zero-order valence-corrected chi connectivity index (χ0v) is 18.0. The molecule has 4 aromatic heterocycles. The van der Waals surface area contributed by atoms with Crippen LogP contribution < -0.4 is 11.0 Å². The molecule has 31 heavy (non-hydrogen) atoms. The van der Waals surface area contributed by atoms with Gasteiger partial charge in [0.05, 0.1) is 17.2 Å². The van der Waals surface area contributed by atoms with Gasteiger partial charge in [0.2, 0.25) is 5.95 Å². The maximum absolute atomic E-state index is 12.9. The Balaban J connectivity index is 1.44. The molecule has 0 bridgehead atoms. The quantitative estimate of drug-likeness (QED) is 0.467. The van der Waals surface area contributed by atoms with Crippen molar-refractivity contribution < 1.29 is 4.74 Å². The summed E-state index contributed by atoms with van der Waals surface area (Å²) in [5.41, 5.74) is 5.27. The minimum absolute atomic E-state index is 0.0648. The number of anilines is 2. The van der Waals surface area contributed by atoms with Crippen LogP contribution in [0.3, 0.4) is 0 Å². The molecule has 1 saturated heterocycles. The highest BCUT2D eigenvalue weighted by Gasteiger charge is 2.23. The van der Waals surface area contributed by atoms with Crippen molar-refractivity contribution in [3.8, 4) is 0 Å². The highest BCUT2D eigenvalue weighted by atomic mass is 32.1. The normalized spacial score (nSPS) is 15.4. The van der Waals surface area contributed by atoms with Gasteiger partial charge in [-0.25, -0.2) is 14.8 Å². The molecule has 0 atom stereocenters. The molecule has 10 heteroatoms. The second kappa shape index (κ2) is 6.89. The number of aryl methyl sites for hydroxylation is 2. The Labute approximate surface area is 180 Å². The van der Waals surface area contributed by atoms with Gasteiger partial charge in [0.25, 0.3) is 0 Å². The van der Waals surface area contributed by atoms with E-state index in [1.165, 1.54) is 0 Å². The number of nitrogens with zero attached hydrogens (tertiary/aromatic N) is 6. The first-order valence-electron chi connectivity index (χ1n) is 10.2. The van der Waals surface area contributed by atoms with Crippen molar-refractivity contribution in [3.05, 3.63) is 46.0 Å². The lowest BCUT2D eigenvalue weighted by atomic mass is 10.1. The maximum atomic E-state index is 12.9. The number of hydrogen-bond acceptors (Lipinski definition) is 7. The first-order chi connectivity index (χ1) is 15.1. The van der Waals surface area contributed by atoms with E-state index < -0.39 is 0 Å². The van der Waals surface area contributed by atoms with Crippen molar-refractivity contribution in [1.82, 2.24) is 28.5 Å². The van der Waals surface area contributed by atoms with Crippen molar-refractivity contribution in [2.24, 2.45) is 7.05 Å². The lowest BCUT2D eigenvalue weighted by molar-refractivity contribution is 0.0695. The van der Waals surface area contributed by atoms with Crippen molar-refractivity contribution in [2.45, 2.75) is 25.8 Å². The fraction of sp³-hybridized carbons (Fsp3) is 0.333. The Morgan fingerprint density at radius 3 is 2.87 bits per heavy atom. The van der Waals surface area contributed by atoms with Crippen molar-refractivity contribution in [2.75, 3.05) is 18.5 Å². The van der Waals surface area contributed by atoms with Gasteiger partial charge in [0.1, 0.15) is 5.52 Å². The van der Waals surface area contributed by atoms with Gasteiger partial charge in [-0.05, 0) is 37.5 Å². The minimum atomic E-state index is -0.0648. The number of hydrogen-bond donors (Lipinski definition) is 1. The topological polar surface area (TPSA) is 91.3 Å². The third kappa shape index (κ3) is 2.86. The average Bonchev–Trinajstić information content (AvgIpc) is 3.42. The Hall–Kier alpha value is -3.24. The zero-order chi connectivity index (χ0) is 21.1. The number of benzene rings is 1. The van der Waals surface area contributed by atoms with Gasteiger partial charge in [0, 0.05) is 43.6 Å². The molecule has 1 aliphatic heterocycles. The maximum Gasteiger partial charge on any atom is 0.330 e. The van der Waals surface area contributed by atoms with Crippen LogP contribution in [0.4, 0.5) is 11.6 Å². The second-order valence-corrected chi connectivity index (χ2v) is 8.78. The van der Waals surface area contributed by atoms with Crippen LogP contribution in [-0.4, -0.2) is 41.7 Å². The molecule has 0 radical (unpaired) electrons. The SMILES string of the molecule is Cc1cc2nc3sccn3c2cc1Nc1ncc2c(n1)n(C1CCOCC1)c(=O)n2C. The summed E-state index contributed by atoms with van der Waals surface area (Å²) >= 11 is 1.61. The average molecular weight is 436 g/mol. The van der Waals surface area contributed by atoms with E-state index in [9.17, 15) is 4.79 Å². The van der Waals surface area contributed by atoms with Crippen LogP contribution in [0.15, 0.2) is 34.7 Å². The molecule has 1 aromatic carbocycles. The van der Waals surface area contributed by atoms with E-state index in [2.05, 4.69) is 31.8 Å². The highest BCUT2D eigenvalue weighted by Crippen LogP contribution is 2.29. The van der Waals surface area contributed by atoms with E-state index in [1.807, 2.05) is 18.5 Å². The first-order valence-corrected chi connectivity index (χ1v) is 11.1. The van der Waals surface area contributed by atoms with Gasteiger partial charge >= 0.3 is 5.69 Å². The Kier molecular flexibility index (Phi) is 4.12. The molecular formula is C21H21N7O2S. The van der Waals surface area contributed by atoms with E-state index in [4.69, 9.17) is 9.72 Å². The van der Waals surface area contributed by atoms with Crippen LogP contribution in [-0.2, 0) is 11.8 Å². The molecule has 1 N–H and O–H groups in total. The molecule has 1 aliphatic rings. The van der Waals surface area contributed by atoms with Gasteiger partial charge in [-0.3, -0.25) is 13.5 Å². The smallest absolute Gasteiger partial charge is 0.330 e. The third-order valence-corrected chi connectivity index (χ3v) is 6.78. The standard InChI is InChI=1S/C21H21N7O2S/c1-12-9-15-16(27-5-8-31-20(27)24-15)10-14(12)23-19-22-11-17-18(25-19)28(21(29)26(17)2)13-3-6-30-7-4-13/h5,8-11,13H,3-4,6-7H2,1-2H3,(H,22,23,25). The molecular weight excluding hydrogens is 414 g/mol. The number of nitrogens with one attached hydrogen (secondary N) is 1. The number of thiazole rings is 1. The molecule has 6 rings (SSSR count). The molecule has 9 nitrogen and oxygen atoms in total. The van der Waals surface area contributed by atoms with E-state index in [1.54, 1.807) is 33.7 Å². The zero-order valence-electron chi connectivity index (χ0n) is 17.2. The van der Waals surface area contributed by atoms with Gasteiger partial charge in [-0.2, -0.15) is 4.98 Å². The third-order valence-electron chi connectivity index (χ3n) is 6.02. The first kappa shape index (κ1) is 18.5. The van der Waals surface area contributed by atoms with Gasteiger partial charge in [-0.1, -0.05) is 0 Å². The van der Waals surface area contributed by atoms with Crippen molar-refractivity contribution >= 4 is 50.1 Å². The highest BCUT2D eigenvalue weighted by molar-refractivity contribution is 7.15. The minimum Gasteiger partial charge on any atom is -0.381 e. The molecule has 0 unspecified atom stereocenters. The fourth-order valence-corrected chi connectivity index (χ4v) is 5.05. The van der Waals surface area contributed by atoms with E-state index in [0.717, 1.165) is 45.6 Å². The summed E-state index contributed by atoms with van der Waals surface area (Å²) < 4.78 is 11.0. The second-order valence-electron chi connectivity index (χ2n) is 7.91. The lowest BCUT2D eigenvalue weighted by Gasteiger charge is -2.22. The summed E-state index contributed by atoms with van der Waals surface area (Å²) in [4.78, 5) is 27.8. The number of ether oxygens (including phenoxy) is 1.